The van der Waals surface area contributed by atoms with Gasteiger partial charge in [-0.3, -0.25) is 0 Å². The number of morpholine rings is 1. The predicted molar refractivity (Wildman–Crippen MR) is 125 cm³/mol. The lowest BCUT2D eigenvalue weighted by molar-refractivity contribution is 0.0963. The number of likely N-dealkylation sites (tertiary alicyclic amines) is 1. The number of piperidine rings is 1. The number of halogens is 1. The molecule has 29 heavy (non-hydrogen) atoms. The first kappa shape index (κ1) is 23.5. The minimum atomic E-state index is -0.233. The SMILES string of the molecule is CCOC(=O)N1CCC(NC(N)=NCc2ccc(N3CCOCC3)cc2)CC1.I. The maximum absolute atomic E-state index is 11.7. The van der Waals surface area contributed by atoms with Crippen molar-refractivity contribution in [1.29, 1.82) is 0 Å². The van der Waals surface area contributed by atoms with Gasteiger partial charge >= 0.3 is 6.09 Å². The Balaban J connectivity index is 0.00000300. The zero-order chi connectivity index (χ0) is 19.8. The van der Waals surface area contributed by atoms with Crippen LogP contribution in [0.2, 0.25) is 0 Å². The molecule has 1 aromatic carbocycles. The summed E-state index contributed by atoms with van der Waals surface area (Å²) in [5.74, 6) is 0.451. The normalized spacial score (nSPS) is 18.2. The fourth-order valence-electron chi connectivity index (χ4n) is 3.49. The first-order valence-electron chi connectivity index (χ1n) is 10.1. The van der Waals surface area contributed by atoms with Gasteiger partial charge in [0.2, 0.25) is 0 Å². The molecule has 3 rings (SSSR count). The van der Waals surface area contributed by atoms with E-state index in [0.717, 1.165) is 44.7 Å². The van der Waals surface area contributed by atoms with E-state index in [1.165, 1.54) is 5.69 Å². The molecule has 3 N–H and O–H groups in total. The standard InChI is InChI=1S/C20H31N5O3.HI/c1-2-28-20(26)25-9-7-17(8-10-25)23-19(21)22-15-16-3-5-18(6-4-16)24-11-13-27-14-12-24;/h3-6,17H,2,7-15H2,1H3,(H3,21,22,23);1H. The van der Waals surface area contributed by atoms with E-state index in [9.17, 15) is 4.79 Å². The molecule has 0 aliphatic carbocycles. The number of benzene rings is 1. The highest BCUT2D eigenvalue weighted by molar-refractivity contribution is 14.0. The van der Waals surface area contributed by atoms with Gasteiger partial charge in [0, 0.05) is 37.9 Å². The van der Waals surface area contributed by atoms with Crippen LogP contribution in [0.3, 0.4) is 0 Å². The highest BCUT2D eigenvalue weighted by Crippen LogP contribution is 2.17. The van der Waals surface area contributed by atoms with Gasteiger partial charge in [0.15, 0.2) is 5.96 Å². The van der Waals surface area contributed by atoms with Crippen LogP contribution in [0.4, 0.5) is 10.5 Å². The van der Waals surface area contributed by atoms with Crippen molar-refractivity contribution < 1.29 is 14.3 Å². The molecule has 2 aliphatic rings. The summed E-state index contributed by atoms with van der Waals surface area (Å²) in [7, 11) is 0. The van der Waals surface area contributed by atoms with Gasteiger partial charge in [-0.15, -0.1) is 24.0 Å². The van der Waals surface area contributed by atoms with Crippen molar-refractivity contribution in [2.75, 3.05) is 50.9 Å². The molecule has 2 saturated heterocycles. The second kappa shape index (κ2) is 12.1. The van der Waals surface area contributed by atoms with E-state index in [-0.39, 0.29) is 36.1 Å². The van der Waals surface area contributed by atoms with Crippen LogP contribution >= 0.6 is 24.0 Å². The van der Waals surface area contributed by atoms with Crippen LogP contribution in [-0.4, -0.2) is 69.0 Å². The van der Waals surface area contributed by atoms with Crippen LogP contribution in [0.5, 0.6) is 0 Å². The summed E-state index contributed by atoms with van der Waals surface area (Å²) in [6.45, 7) is 7.56. The average Bonchev–Trinajstić information content (AvgIpc) is 2.74. The third-order valence-corrected chi connectivity index (χ3v) is 5.12. The highest BCUT2D eigenvalue weighted by Gasteiger charge is 2.23. The fraction of sp³-hybridized carbons (Fsp3) is 0.600. The molecule has 0 spiro atoms. The van der Waals surface area contributed by atoms with Crippen molar-refractivity contribution in [2.24, 2.45) is 10.7 Å². The molecule has 0 unspecified atom stereocenters. The van der Waals surface area contributed by atoms with E-state index in [2.05, 4.69) is 39.5 Å². The number of ether oxygens (including phenoxy) is 2. The topological polar surface area (TPSA) is 92.4 Å². The molecule has 0 atom stereocenters. The zero-order valence-corrected chi connectivity index (χ0v) is 19.3. The van der Waals surface area contributed by atoms with Gasteiger partial charge in [-0.05, 0) is 37.5 Å². The molecule has 0 aromatic heterocycles. The number of guanidine groups is 1. The predicted octanol–water partition coefficient (Wildman–Crippen LogP) is 2.17. The molecule has 0 bridgehead atoms. The third kappa shape index (κ3) is 7.22. The Kier molecular flexibility index (Phi) is 9.79. The van der Waals surface area contributed by atoms with Gasteiger partial charge in [0.25, 0.3) is 0 Å². The lowest BCUT2D eigenvalue weighted by Crippen LogP contribution is -2.48. The average molecular weight is 517 g/mol. The molecule has 9 heteroatoms. The summed E-state index contributed by atoms with van der Waals surface area (Å²) >= 11 is 0. The first-order chi connectivity index (χ1) is 13.7. The van der Waals surface area contributed by atoms with Gasteiger partial charge in [0.1, 0.15) is 0 Å². The number of anilines is 1. The van der Waals surface area contributed by atoms with Gasteiger partial charge in [-0.25, -0.2) is 9.79 Å². The second-order valence-corrected chi connectivity index (χ2v) is 7.07. The molecule has 0 radical (unpaired) electrons. The van der Waals surface area contributed by atoms with Crippen molar-refractivity contribution in [3.8, 4) is 0 Å². The molecule has 162 valence electrons. The number of hydrogen-bond donors (Lipinski definition) is 2. The zero-order valence-electron chi connectivity index (χ0n) is 17.0. The Hall–Kier alpha value is -1.75. The molecule has 2 fully saturated rings. The Morgan fingerprint density at radius 3 is 2.48 bits per heavy atom. The van der Waals surface area contributed by atoms with E-state index in [1.807, 2.05) is 6.92 Å². The van der Waals surface area contributed by atoms with Crippen LogP contribution in [0.25, 0.3) is 0 Å². The summed E-state index contributed by atoms with van der Waals surface area (Å²) in [4.78, 5) is 20.3. The Labute approximate surface area is 189 Å². The number of rotatable bonds is 5. The van der Waals surface area contributed by atoms with Crippen LogP contribution in [-0.2, 0) is 16.0 Å². The molecule has 8 nitrogen and oxygen atoms in total. The molecule has 2 heterocycles. The van der Waals surface area contributed by atoms with Crippen LogP contribution < -0.4 is 16.0 Å². The fourth-order valence-corrected chi connectivity index (χ4v) is 3.49. The molecular weight excluding hydrogens is 485 g/mol. The van der Waals surface area contributed by atoms with Crippen molar-refractivity contribution in [1.82, 2.24) is 10.2 Å². The van der Waals surface area contributed by atoms with Crippen molar-refractivity contribution in [3.05, 3.63) is 29.8 Å². The Bertz CT molecular complexity index is 657. The number of carbonyl (C=O) groups excluding carboxylic acids is 1. The van der Waals surface area contributed by atoms with E-state index >= 15 is 0 Å². The number of hydrogen-bond acceptors (Lipinski definition) is 5. The molecule has 1 amide bonds. The number of nitrogens with two attached hydrogens (primary N) is 1. The summed E-state index contributed by atoms with van der Waals surface area (Å²) < 4.78 is 10.4. The number of amides is 1. The van der Waals surface area contributed by atoms with Crippen molar-refractivity contribution in [3.63, 3.8) is 0 Å². The van der Waals surface area contributed by atoms with Gasteiger partial charge in [0.05, 0.1) is 26.4 Å². The van der Waals surface area contributed by atoms with E-state index in [4.69, 9.17) is 15.2 Å². The molecule has 0 saturated carbocycles. The first-order valence-corrected chi connectivity index (χ1v) is 10.1. The largest absolute Gasteiger partial charge is 0.450 e. The van der Waals surface area contributed by atoms with Crippen LogP contribution in [0, 0.1) is 0 Å². The lowest BCUT2D eigenvalue weighted by Gasteiger charge is -2.31. The summed E-state index contributed by atoms with van der Waals surface area (Å²) in [5, 5.41) is 3.27. The maximum Gasteiger partial charge on any atom is 0.409 e. The minimum Gasteiger partial charge on any atom is -0.450 e. The number of carbonyl (C=O) groups is 1. The van der Waals surface area contributed by atoms with E-state index in [1.54, 1.807) is 4.90 Å². The van der Waals surface area contributed by atoms with Crippen LogP contribution in [0.15, 0.2) is 29.3 Å². The van der Waals surface area contributed by atoms with Gasteiger partial charge in [-0.2, -0.15) is 0 Å². The maximum atomic E-state index is 11.7. The second-order valence-electron chi connectivity index (χ2n) is 7.07. The van der Waals surface area contributed by atoms with Gasteiger partial charge in [-0.1, -0.05) is 12.1 Å². The molecule has 1 aromatic rings. The summed E-state index contributed by atoms with van der Waals surface area (Å²) in [6, 6.07) is 8.69. The highest BCUT2D eigenvalue weighted by atomic mass is 127. The smallest absolute Gasteiger partial charge is 0.409 e. The van der Waals surface area contributed by atoms with Crippen molar-refractivity contribution in [2.45, 2.75) is 32.4 Å². The summed E-state index contributed by atoms with van der Waals surface area (Å²) in [6.07, 6.45) is 1.44. The Morgan fingerprint density at radius 2 is 1.86 bits per heavy atom. The quantitative estimate of drug-likeness (QED) is 0.354. The molecular formula is C20H32IN5O3. The number of aliphatic imine (C=N–C) groups is 1. The molecule has 2 aliphatic heterocycles. The number of nitrogens with one attached hydrogen (secondary N) is 1. The lowest BCUT2D eigenvalue weighted by atomic mass is 10.1. The van der Waals surface area contributed by atoms with E-state index in [0.29, 0.717) is 32.2 Å². The summed E-state index contributed by atoms with van der Waals surface area (Å²) in [5.41, 5.74) is 8.39. The van der Waals surface area contributed by atoms with E-state index < -0.39 is 0 Å². The van der Waals surface area contributed by atoms with Crippen molar-refractivity contribution >= 4 is 41.7 Å². The number of nitrogens with zero attached hydrogens (tertiary/aromatic N) is 3. The van der Waals surface area contributed by atoms with Gasteiger partial charge < -0.3 is 30.3 Å². The third-order valence-electron chi connectivity index (χ3n) is 5.12. The Morgan fingerprint density at radius 1 is 1.21 bits per heavy atom. The van der Waals surface area contributed by atoms with Crippen LogP contribution in [0.1, 0.15) is 25.3 Å². The minimum absolute atomic E-state index is 0. The monoisotopic (exact) mass is 517 g/mol.